The zero-order valence-corrected chi connectivity index (χ0v) is 12.6. The Kier molecular flexibility index (Phi) is 3.62. The topological polar surface area (TPSA) is 26.3 Å². The van der Waals surface area contributed by atoms with Crippen molar-refractivity contribution in [2.75, 3.05) is 7.11 Å². The van der Waals surface area contributed by atoms with Crippen LogP contribution in [-0.2, 0) is 4.74 Å². The molecule has 0 N–H and O–H groups in total. The van der Waals surface area contributed by atoms with Crippen molar-refractivity contribution in [3.63, 3.8) is 0 Å². The standard InChI is InChI=1S/C17H18O2S/c1-11-10-20-16(17(18)19-2)15(11)14-8-6-13(7-9-14)12-4-3-5-12/h6-10,12H,3-5H2,1-2H3. The lowest BCUT2D eigenvalue weighted by atomic mass is 9.80. The monoisotopic (exact) mass is 286 g/mol. The van der Waals surface area contributed by atoms with Gasteiger partial charge in [0.15, 0.2) is 0 Å². The van der Waals surface area contributed by atoms with Crippen molar-refractivity contribution in [2.45, 2.75) is 32.1 Å². The van der Waals surface area contributed by atoms with Crippen LogP contribution in [0.3, 0.4) is 0 Å². The van der Waals surface area contributed by atoms with Gasteiger partial charge in [-0.15, -0.1) is 11.3 Å². The van der Waals surface area contributed by atoms with Crippen molar-refractivity contribution in [3.05, 3.63) is 45.6 Å². The lowest BCUT2D eigenvalue weighted by Gasteiger charge is -2.25. The first-order valence-electron chi connectivity index (χ1n) is 6.97. The zero-order chi connectivity index (χ0) is 14.1. The van der Waals surface area contributed by atoms with Crippen LogP contribution in [0.15, 0.2) is 29.6 Å². The summed E-state index contributed by atoms with van der Waals surface area (Å²) in [4.78, 5) is 12.5. The van der Waals surface area contributed by atoms with E-state index in [4.69, 9.17) is 4.74 Å². The molecule has 0 unspecified atom stereocenters. The molecule has 1 aliphatic carbocycles. The first-order valence-corrected chi connectivity index (χ1v) is 7.85. The van der Waals surface area contributed by atoms with Crippen molar-refractivity contribution in [1.29, 1.82) is 0 Å². The van der Waals surface area contributed by atoms with E-state index in [0.29, 0.717) is 4.88 Å². The fraction of sp³-hybridized carbons (Fsp3) is 0.353. The van der Waals surface area contributed by atoms with Crippen LogP contribution in [0.25, 0.3) is 11.1 Å². The minimum absolute atomic E-state index is 0.249. The van der Waals surface area contributed by atoms with Crippen LogP contribution < -0.4 is 0 Å². The van der Waals surface area contributed by atoms with Crippen LogP contribution in [0.5, 0.6) is 0 Å². The minimum atomic E-state index is -0.249. The molecule has 2 nitrogen and oxygen atoms in total. The highest BCUT2D eigenvalue weighted by atomic mass is 32.1. The summed E-state index contributed by atoms with van der Waals surface area (Å²) in [6.07, 6.45) is 3.97. The van der Waals surface area contributed by atoms with Gasteiger partial charge < -0.3 is 4.74 Å². The lowest BCUT2D eigenvalue weighted by Crippen LogP contribution is -2.08. The van der Waals surface area contributed by atoms with E-state index in [1.807, 2.05) is 12.3 Å². The van der Waals surface area contributed by atoms with Crippen LogP contribution in [-0.4, -0.2) is 13.1 Å². The quantitative estimate of drug-likeness (QED) is 0.759. The minimum Gasteiger partial charge on any atom is -0.465 e. The van der Waals surface area contributed by atoms with Gasteiger partial charge in [0.05, 0.1) is 7.11 Å². The van der Waals surface area contributed by atoms with Gasteiger partial charge in [-0.25, -0.2) is 4.79 Å². The number of carbonyl (C=O) groups excluding carboxylic acids is 1. The second-order valence-corrected chi connectivity index (χ2v) is 6.24. The molecule has 1 heterocycles. The third kappa shape index (κ3) is 2.27. The second kappa shape index (κ2) is 5.41. The fourth-order valence-corrected chi connectivity index (χ4v) is 3.70. The molecule has 104 valence electrons. The van der Waals surface area contributed by atoms with Crippen molar-refractivity contribution in [2.24, 2.45) is 0 Å². The average molecular weight is 286 g/mol. The van der Waals surface area contributed by atoms with Gasteiger partial charge in [0.1, 0.15) is 4.88 Å². The Morgan fingerprint density at radius 1 is 1.25 bits per heavy atom. The predicted molar refractivity (Wildman–Crippen MR) is 82.4 cm³/mol. The molecule has 1 aliphatic rings. The lowest BCUT2D eigenvalue weighted by molar-refractivity contribution is 0.0607. The first kappa shape index (κ1) is 13.4. The smallest absolute Gasteiger partial charge is 0.348 e. The number of esters is 1. The number of methoxy groups -OCH3 is 1. The second-order valence-electron chi connectivity index (χ2n) is 5.36. The summed E-state index contributed by atoms with van der Waals surface area (Å²) >= 11 is 1.46. The van der Waals surface area contributed by atoms with Crippen LogP contribution >= 0.6 is 11.3 Å². The molecule has 0 amide bonds. The molecule has 0 radical (unpaired) electrons. The molecule has 0 spiro atoms. The van der Waals surface area contributed by atoms with Gasteiger partial charge in [-0.1, -0.05) is 30.7 Å². The summed E-state index contributed by atoms with van der Waals surface area (Å²) in [5, 5.41) is 2.02. The van der Waals surface area contributed by atoms with Gasteiger partial charge in [-0.2, -0.15) is 0 Å². The Balaban J connectivity index is 1.96. The van der Waals surface area contributed by atoms with Crippen molar-refractivity contribution >= 4 is 17.3 Å². The molecule has 1 aromatic heterocycles. The third-order valence-electron chi connectivity index (χ3n) is 4.12. The number of hydrogen-bond donors (Lipinski definition) is 0. The molecule has 0 atom stereocenters. The molecule has 20 heavy (non-hydrogen) atoms. The number of aryl methyl sites for hydroxylation is 1. The van der Waals surface area contributed by atoms with E-state index in [-0.39, 0.29) is 5.97 Å². The van der Waals surface area contributed by atoms with E-state index in [1.54, 1.807) is 0 Å². The van der Waals surface area contributed by atoms with E-state index in [1.165, 1.54) is 43.3 Å². The van der Waals surface area contributed by atoms with Gasteiger partial charge in [0, 0.05) is 5.56 Å². The summed E-state index contributed by atoms with van der Waals surface area (Å²) < 4.78 is 4.87. The highest BCUT2D eigenvalue weighted by molar-refractivity contribution is 7.12. The van der Waals surface area contributed by atoms with Crippen molar-refractivity contribution < 1.29 is 9.53 Å². The average Bonchev–Trinajstić information content (AvgIpc) is 2.79. The highest BCUT2D eigenvalue weighted by Gasteiger charge is 2.21. The molecule has 1 fully saturated rings. The molecule has 3 rings (SSSR count). The predicted octanol–water partition coefficient (Wildman–Crippen LogP) is 4.78. The van der Waals surface area contributed by atoms with Crippen molar-refractivity contribution in [3.8, 4) is 11.1 Å². The van der Waals surface area contributed by atoms with Crippen LogP contribution in [0.2, 0.25) is 0 Å². The van der Waals surface area contributed by atoms with Gasteiger partial charge in [-0.05, 0) is 47.8 Å². The Bertz CT molecular complexity index is 621. The highest BCUT2D eigenvalue weighted by Crippen LogP contribution is 2.38. The summed E-state index contributed by atoms with van der Waals surface area (Å²) in [7, 11) is 1.43. The number of benzene rings is 1. The van der Waals surface area contributed by atoms with Gasteiger partial charge in [0.2, 0.25) is 0 Å². The van der Waals surface area contributed by atoms with E-state index in [9.17, 15) is 4.79 Å². The molecule has 3 heteroatoms. The summed E-state index contributed by atoms with van der Waals surface area (Å²) in [6.45, 7) is 2.04. The summed E-state index contributed by atoms with van der Waals surface area (Å²) in [5.74, 6) is 0.494. The number of hydrogen-bond acceptors (Lipinski definition) is 3. The molecule has 0 saturated heterocycles. The largest absolute Gasteiger partial charge is 0.465 e. The molecule has 1 saturated carbocycles. The zero-order valence-electron chi connectivity index (χ0n) is 11.8. The Morgan fingerprint density at radius 2 is 1.95 bits per heavy atom. The third-order valence-corrected chi connectivity index (χ3v) is 5.20. The number of thiophene rings is 1. The molecular formula is C17H18O2S. The van der Waals surface area contributed by atoms with Gasteiger partial charge in [-0.3, -0.25) is 0 Å². The Hall–Kier alpha value is -1.61. The van der Waals surface area contributed by atoms with E-state index >= 15 is 0 Å². The van der Waals surface area contributed by atoms with E-state index < -0.39 is 0 Å². The maximum atomic E-state index is 11.8. The number of ether oxygens (including phenoxy) is 1. The molecule has 1 aromatic carbocycles. The maximum absolute atomic E-state index is 11.8. The van der Waals surface area contributed by atoms with Crippen LogP contribution in [0, 0.1) is 6.92 Å². The Morgan fingerprint density at radius 3 is 2.50 bits per heavy atom. The molecule has 0 bridgehead atoms. The number of carbonyl (C=O) groups is 1. The van der Waals surface area contributed by atoms with Crippen molar-refractivity contribution in [1.82, 2.24) is 0 Å². The summed E-state index contributed by atoms with van der Waals surface area (Å²) in [6, 6.07) is 8.68. The van der Waals surface area contributed by atoms with Gasteiger partial charge >= 0.3 is 5.97 Å². The number of rotatable bonds is 3. The molecule has 2 aromatic rings. The molecule has 0 aliphatic heterocycles. The van der Waals surface area contributed by atoms with Gasteiger partial charge in [0.25, 0.3) is 0 Å². The SMILES string of the molecule is COC(=O)c1scc(C)c1-c1ccc(C2CCC2)cc1. The van der Waals surface area contributed by atoms with Crippen LogP contribution in [0.4, 0.5) is 0 Å². The fourth-order valence-electron chi connectivity index (χ4n) is 2.71. The summed E-state index contributed by atoms with van der Waals surface area (Å²) in [5.41, 5.74) is 4.67. The van der Waals surface area contributed by atoms with Crippen LogP contribution in [0.1, 0.15) is 46.0 Å². The normalized spacial score (nSPS) is 14.9. The molecular weight excluding hydrogens is 268 g/mol. The first-order chi connectivity index (χ1) is 9.70. The van der Waals surface area contributed by atoms with E-state index in [0.717, 1.165) is 22.6 Å². The Labute approximate surface area is 123 Å². The van der Waals surface area contributed by atoms with E-state index in [2.05, 4.69) is 24.3 Å². The maximum Gasteiger partial charge on any atom is 0.348 e.